The van der Waals surface area contributed by atoms with Gasteiger partial charge in [0.05, 0.1) is 13.0 Å². The largest absolute Gasteiger partial charge is 0.486 e. The molecule has 0 N–H and O–H groups in total. The third-order valence-electron chi connectivity index (χ3n) is 4.19. The van der Waals surface area contributed by atoms with Gasteiger partial charge < -0.3 is 19.1 Å². The molecule has 5 nitrogen and oxygen atoms in total. The van der Waals surface area contributed by atoms with Crippen LogP contribution in [0.15, 0.2) is 46.9 Å². The van der Waals surface area contributed by atoms with Crippen LogP contribution in [0.2, 0.25) is 0 Å². The molecule has 0 bridgehead atoms. The molecule has 1 heterocycles. The van der Waals surface area contributed by atoms with E-state index >= 15 is 0 Å². The summed E-state index contributed by atoms with van der Waals surface area (Å²) >= 11 is 3.54. The fourth-order valence-electron chi connectivity index (χ4n) is 2.81. The van der Waals surface area contributed by atoms with Gasteiger partial charge in [0.1, 0.15) is 13.2 Å². The topological polar surface area (TPSA) is 48.0 Å². The third kappa shape index (κ3) is 4.77. The maximum atomic E-state index is 12.9. The van der Waals surface area contributed by atoms with Crippen molar-refractivity contribution in [1.29, 1.82) is 0 Å². The van der Waals surface area contributed by atoms with Crippen molar-refractivity contribution >= 4 is 21.8 Å². The average molecular weight is 420 g/mol. The number of halogens is 1. The van der Waals surface area contributed by atoms with Crippen molar-refractivity contribution in [1.82, 2.24) is 4.90 Å². The van der Waals surface area contributed by atoms with Crippen molar-refractivity contribution in [3.05, 3.63) is 58.1 Å². The van der Waals surface area contributed by atoms with Crippen molar-refractivity contribution in [3.63, 3.8) is 0 Å². The van der Waals surface area contributed by atoms with Crippen molar-refractivity contribution in [3.8, 4) is 11.5 Å². The molecule has 0 unspecified atom stereocenters. The zero-order chi connectivity index (χ0) is 18.4. The van der Waals surface area contributed by atoms with Crippen LogP contribution in [0.4, 0.5) is 0 Å². The Labute approximate surface area is 162 Å². The Kier molecular flexibility index (Phi) is 6.52. The smallest absolute Gasteiger partial charge is 0.227 e. The highest BCUT2D eigenvalue weighted by Gasteiger charge is 2.19. The first kappa shape index (κ1) is 18.7. The van der Waals surface area contributed by atoms with Gasteiger partial charge in [-0.15, -0.1) is 0 Å². The van der Waals surface area contributed by atoms with Crippen molar-refractivity contribution in [2.45, 2.75) is 13.0 Å². The normalized spacial score (nSPS) is 12.7. The summed E-state index contributed by atoms with van der Waals surface area (Å²) in [5, 5.41) is 0. The molecule has 0 aliphatic carbocycles. The van der Waals surface area contributed by atoms with Crippen LogP contribution < -0.4 is 9.47 Å². The zero-order valence-corrected chi connectivity index (χ0v) is 16.3. The highest BCUT2D eigenvalue weighted by Crippen LogP contribution is 2.35. The molecule has 0 spiro atoms. The second kappa shape index (κ2) is 9.05. The molecule has 6 heteroatoms. The van der Waals surface area contributed by atoms with Crippen LogP contribution in [0.1, 0.15) is 11.1 Å². The van der Waals surface area contributed by atoms with Gasteiger partial charge in [0.25, 0.3) is 0 Å². The standard InChI is InChI=1S/C20H22BrNO4/c1-24-8-7-22(14-15-5-3-2-4-6-15)20(23)12-16-11-18-19(13-17(16)21)26-10-9-25-18/h2-6,11,13H,7-10,12,14H2,1H3. The summed E-state index contributed by atoms with van der Waals surface area (Å²) in [5.74, 6) is 1.44. The molecule has 1 amide bonds. The van der Waals surface area contributed by atoms with Gasteiger partial charge in [0.15, 0.2) is 11.5 Å². The molecule has 2 aromatic rings. The van der Waals surface area contributed by atoms with Crippen LogP contribution >= 0.6 is 15.9 Å². The summed E-state index contributed by atoms with van der Waals surface area (Å²) in [6.07, 6.45) is 0.285. The van der Waals surface area contributed by atoms with Crippen LogP contribution in [0.25, 0.3) is 0 Å². The zero-order valence-electron chi connectivity index (χ0n) is 14.7. The van der Waals surface area contributed by atoms with Gasteiger partial charge in [0.2, 0.25) is 5.91 Å². The molecule has 1 aliphatic heterocycles. The average Bonchev–Trinajstić information content (AvgIpc) is 2.66. The summed E-state index contributed by atoms with van der Waals surface area (Å²) in [7, 11) is 1.64. The molecule has 0 radical (unpaired) electrons. The second-order valence-corrected chi connectivity index (χ2v) is 6.91. The first-order valence-electron chi connectivity index (χ1n) is 8.56. The number of rotatable bonds is 7. The van der Waals surface area contributed by atoms with E-state index in [2.05, 4.69) is 15.9 Å². The molecule has 0 saturated carbocycles. The van der Waals surface area contributed by atoms with Gasteiger partial charge in [0, 0.05) is 24.7 Å². The summed E-state index contributed by atoms with van der Waals surface area (Å²) in [5.41, 5.74) is 1.98. The van der Waals surface area contributed by atoms with Crippen LogP contribution in [-0.4, -0.2) is 44.3 Å². The molecule has 0 atom stereocenters. The lowest BCUT2D eigenvalue weighted by atomic mass is 10.1. The Morgan fingerprint density at radius 2 is 1.85 bits per heavy atom. The number of benzene rings is 2. The summed E-state index contributed by atoms with van der Waals surface area (Å²) in [6, 6.07) is 13.7. The van der Waals surface area contributed by atoms with Crippen molar-refractivity contribution in [2.75, 3.05) is 33.5 Å². The lowest BCUT2D eigenvalue weighted by Gasteiger charge is -2.24. The van der Waals surface area contributed by atoms with Crippen LogP contribution in [-0.2, 0) is 22.5 Å². The van der Waals surface area contributed by atoms with E-state index in [1.54, 1.807) is 7.11 Å². The van der Waals surface area contributed by atoms with E-state index in [0.717, 1.165) is 15.6 Å². The molecule has 0 aromatic heterocycles. The Bertz CT molecular complexity index is 751. The fraction of sp³-hybridized carbons (Fsp3) is 0.350. The van der Waals surface area contributed by atoms with Gasteiger partial charge in [-0.1, -0.05) is 46.3 Å². The van der Waals surface area contributed by atoms with Gasteiger partial charge in [-0.2, -0.15) is 0 Å². The van der Waals surface area contributed by atoms with E-state index in [1.807, 2.05) is 47.4 Å². The predicted octanol–water partition coefficient (Wildman–Crippen LogP) is 3.44. The molecule has 1 aliphatic rings. The first-order valence-corrected chi connectivity index (χ1v) is 9.35. The molecule has 3 rings (SSSR count). The minimum absolute atomic E-state index is 0.0447. The quantitative estimate of drug-likeness (QED) is 0.689. The van der Waals surface area contributed by atoms with Gasteiger partial charge in [-0.25, -0.2) is 0 Å². The fourth-order valence-corrected chi connectivity index (χ4v) is 3.28. The molecule has 138 valence electrons. The van der Waals surface area contributed by atoms with Gasteiger partial charge in [-0.05, 0) is 23.3 Å². The molecular formula is C20H22BrNO4. The predicted molar refractivity (Wildman–Crippen MR) is 103 cm³/mol. The highest BCUT2D eigenvalue weighted by atomic mass is 79.9. The van der Waals surface area contributed by atoms with Crippen molar-refractivity contribution in [2.24, 2.45) is 0 Å². The summed E-state index contributed by atoms with van der Waals surface area (Å²) < 4.78 is 17.2. The first-order chi connectivity index (χ1) is 12.7. The third-order valence-corrected chi connectivity index (χ3v) is 4.93. The second-order valence-electron chi connectivity index (χ2n) is 6.06. The highest BCUT2D eigenvalue weighted by molar-refractivity contribution is 9.10. The van der Waals surface area contributed by atoms with E-state index in [4.69, 9.17) is 14.2 Å². The number of carbonyl (C=O) groups is 1. The monoisotopic (exact) mass is 419 g/mol. The lowest BCUT2D eigenvalue weighted by Crippen LogP contribution is -2.34. The number of hydrogen-bond donors (Lipinski definition) is 0. The number of hydrogen-bond acceptors (Lipinski definition) is 4. The molecule has 26 heavy (non-hydrogen) atoms. The Morgan fingerprint density at radius 3 is 2.54 bits per heavy atom. The van der Waals surface area contributed by atoms with E-state index in [9.17, 15) is 4.79 Å². The number of fused-ring (bicyclic) bond motifs is 1. The van der Waals surface area contributed by atoms with E-state index < -0.39 is 0 Å². The lowest BCUT2D eigenvalue weighted by molar-refractivity contribution is -0.131. The van der Waals surface area contributed by atoms with Crippen LogP contribution in [0, 0.1) is 0 Å². The van der Waals surface area contributed by atoms with Crippen LogP contribution in [0.3, 0.4) is 0 Å². The Morgan fingerprint density at radius 1 is 1.15 bits per heavy atom. The number of ether oxygens (including phenoxy) is 3. The van der Waals surface area contributed by atoms with Crippen molar-refractivity contribution < 1.29 is 19.0 Å². The Hall–Kier alpha value is -2.05. The van der Waals surface area contributed by atoms with Gasteiger partial charge >= 0.3 is 0 Å². The summed E-state index contributed by atoms with van der Waals surface area (Å²) in [6.45, 7) is 2.67. The SMILES string of the molecule is COCCN(Cc1ccccc1)C(=O)Cc1cc2c(cc1Br)OCCO2. The number of amides is 1. The minimum atomic E-state index is 0.0447. The molecule has 2 aromatic carbocycles. The van der Waals surface area contributed by atoms with Gasteiger partial charge in [-0.3, -0.25) is 4.79 Å². The number of carbonyl (C=O) groups excluding carboxylic acids is 1. The maximum absolute atomic E-state index is 12.9. The number of methoxy groups -OCH3 is 1. The minimum Gasteiger partial charge on any atom is -0.486 e. The number of nitrogens with zero attached hydrogens (tertiary/aromatic N) is 1. The maximum Gasteiger partial charge on any atom is 0.227 e. The Balaban J connectivity index is 1.74. The van der Waals surface area contributed by atoms with E-state index in [0.29, 0.717) is 44.4 Å². The molecule has 0 fully saturated rings. The van der Waals surface area contributed by atoms with E-state index in [-0.39, 0.29) is 12.3 Å². The van der Waals surface area contributed by atoms with Crippen LogP contribution in [0.5, 0.6) is 11.5 Å². The summed E-state index contributed by atoms with van der Waals surface area (Å²) in [4.78, 5) is 14.7. The molecular weight excluding hydrogens is 398 g/mol. The molecule has 0 saturated heterocycles. The van der Waals surface area contributed by atoms with E-state index in [1.165, 1.54) is 0 Å².